The molecule has 0 aromatic heterocycles. The van der Waals surface area contributed by atoms with Crippen molar-refractivity contribution in [2.24, 2.45) is 5.73 Å². The summed E-state index contributed by atoms with van der Waals surface area (Å²) in [5.74, 6) is -0.234. The van der Waals surface area contributed by atoms with Crippen LogP contribution in [0.4, 0.5) is 0 Å². The van der Waals surface area contributed by atoms with Gasteiger partial charge < -0.3 is 10.6 Å². The van der Waals surface area contributed by atoms with E-state index in [1.54, 1.807) is 32.0 Å². The molecule has 12 heavy (non-hydrogen) atoms. The lowest BCUT2D eigenvalue weighted by Gasteiger charge is -2.07. The number of nitriles is 1. The summed E-state index contributed by atoms with van der Waals surface area (Å²) in [4.78, 5) is 12.9. The second kappa shape index (κ2) is 4.52. The van der Waals surface area contributed by atoms with Crippen LogP contribution in [0.25, 0.3) is 0 Å². The van der Waals surface area contributed by atoms with E-state index in [1.165, 1.54) is 0 Å². The maximum absolute atomic E-state index is 11.2. The van der Waals surface area contributed by atoms with E-state index in [0.717, 1.165) is 0 Å². The Labute approximate surface area is 72.3 Å². The Morgan fingerprint density at radius 2 is 2.08 bits per heavy atom. The number of likely N-dealkylation sites (N-methyl/N-ethyl adjacent to an activating group) is 1. The number of hydrogen-bond acceptors (Lipinski definition) is 4. The second-order valence-corrected chi connectivity index (χ2v) is 2.83. The molecule has 0 aliphatic heterocycles. The number of Topliss-reactive ketones (excluding diaryl/α,β-unsaturated/α-hetero) is 1. The lowest BCUT2D eigenvalue weighted by Crippen LogP contribution is -2.23. The van der Waals surface area contributed by atoms with E-state index in [2.05, 4.69) is 0 Å². The van der Waals surface area contributed by atoms with E-state index in [9.17, 15) is 4.79 Å². The minimum Gasteiger partial charge on any atom is -0.401 e. The molecule has 0 heterocycles. The van der Waals surface area contributed by atoms with Gasteiger partial charge in [-0.2, -0.15) is 5.26 Å². The standard InChI is InChI=1S/C8H13N3O/c1-6(10)7(4-9)8(12)5-11(2)3/h5,10H2,1-3H3/b7-6-. The largest absolute Gasteiger partial charge is 0.401 e. The first-order chi connectivity index (χ1) is 5.49. The fourth-order valence-electron chi connectivity index (χ4n) is 0.737. The number of rotatable bonds is 3. The average molecular weight is 167 g/mol. The fraction of sp³-hybridized carbons (Fsp3) is 0.500. The molecule has 0 aromatic carbocycles. The molecule has 4 heteroatoms. The van der Waals surface area contributed by atoms with Crippen molar-refractivity contribution in [3.63, 3.8) is 0 Å². The maximum Gasteiger partial charge on any atom is 0.189 e. The lowest BCUT2D eigenvalue weighted by atomic mass is 10.1. The van der Waals surface area contributed by atoms with Crippen molar-refractivity contribution in [3.05, 3.63) is 11.3 Å². The summed E-state index contributed by atoms with van der Waals surface area (Å²) in [6.45, 7) is 1.77. The highest BCUT2D eigenvalue weighted by atomic mass is 16.1. The summed E-state index contributed by atoms with van der Waals surface area (Å²) in [6.07, 6.45) is 0. The van der Waals surface area contributed by atoms with Crippen LogP contribution in [0.2, 0.25) is 0 Å². The monoisotopic (exact) mass is 167 g/mol. The lowest BCUT2D eigenvalue weighted by molar-refractivity contribution is -0.115. The van der Waals surface area contributed by atoms with Crippen molar-refractivity contribution in [2.75, 3.05) is 20.6 Å². The molecule has 0 atom stereocenters. The van der Waals surface area contributed by atoms with E-state index in [4.69, 9.17) is 11.0 Å². The molecule has 0 aliphatic carbocycles. The minimum atomic E-state index is -0.234. The highest BCUT2D eigenvalue weighted by Gasteiger charge is 2.11. The molecule has 0 amide bonds. The van der Waals surface area contributed by atoms with Crippen LogP contribution in [-0.2, 0) is 4.79 Å². The van der Waals surface area contributed by atoms with Gasteiger partial charge in [-0.15, -0.1) is 0 Å². The molecule has 0 aliphatic rings. The molecule has 4 nitrogen and oxygen atoms in total. The Kier molecular flexibility index (Phi) is 4.02. The summed E-state index contributed by atoms with van der Waals surface area (Å²) in [6, 6.07) is 1.79. The average Bonchev–Trinajstić information content (AvgIpc) is 1.85. The van der Waals surface area contributed by atoms with Gasteiger partial charge in [0.1, 0.15) is 11.6 Å². The first kappa shape index (κ1) is 10.7. The molecule has 0 bridgehead atoms. The van der Waals surface area contributed by atoms with Crippen LogP contribution in [-0.4, -0.2) is 31.3 Å². The second-order valence-electron chi connectivity index (χ2n) is 2.83. The molecular weight excluding hydrogens is 154 g/mol. The predicted octanol–water partition coefficient (Wildman–Crippen LogP) is -0.127. The molecule has 2 N–H and O–H groups in total. The Hall–Kier alpha value is -1.34. The molecule has 0 fully saturated rings. The van der Waals surface area contributed by atoms with Crippen LogP contribution in [0.5, 0.6) is 0 Å². The molecule has 0 radical (unpaired) electrons. The first-order valence-corrected chi connectivity index (χ1v) is 3.53. The smallest absolute Gasteiger partial charge is 0.189 e. The third-order valence-corrected chi connectivity index (χ3v) is 1.24. The van der Waals surface area contributed by atoms with Crippen LogP contribution in [0.1, 0.15) is 6.92 Å². The molecule has 0 rings (SSSR count). The SMILES string of the molecule is C/C(N)=C(\C#N)C(=O)CN(C)C. The van der Waals surface area contributed by atoms with Crippen molar-refractivity contribution in [2.45, 2.75) is 6.92 Å². The number of ketones is 1. The summed E-state index contributed by atoms with van der Waals surface area (Å²) in [5, 5.41) is 8.55. The number of carbonyl (C=O) groups is 1. The molecule has 0 aromatic rings. The number of allylic oxidation sites excluding steroid dienone is 1. The van der Waals surface area contributed by atoms with Crippen LogP contribution in [0, 0.1) is 11.3 Å². The summed E-state index contributed by atoms with van der Waals surface area (Å²) in [7, 11) is 3.53. The Morgan fingerprint density at radius 3 is 2.33 bits per heavy atom. The quantitative estimate of drug-likeness (QED) is 0.469. The molecule has 0 saturated carbocycles. The van der Waals surface area contributed by atoms with Gasteiger partial charge in [0.05, 0.1) is 6.54 Å². The Morgan fingerprint density at radius 1 is 1.58 bits per heavy atom. The van der Waals surface area contributed by atoms with Gasteiger partial charge in [0.2, 0.25) is 0 Å². The highest BCUT2D eigenvalue weighted by Crippen LogP contribution is 1.99. The van der Waals surface area contributed by atoms with E-state index >= 15 is 0 Å². The number of nitrogens with zero attached hydrogens (tertiary/aromatic N) is 2. The zero-order valence-corrected chi connectivity index (χ0v) is 7.59. The van der Waals surface area contributed by atoms with Crippen molar-refractivity contribution < 1.29 is 4.79 Å². The Bertz CT molecular complexity index is 244. The van der Waals surface area contributed by atoms with Crippen molar-refractivity contribution in [3.8, 4) is 6.07 Å². The molecule has 0 spiro atoms. The summed E-state index contributed by atoms with van der Waals surface area (Å²) >= 11 is 0. The van der Waals surface area contributed by atoms with Gasteiger partial charge in [-0.05, 0) is 21.0 Å². The van der Waals surface area contributed by atoms with Gasteiger partial charge >= 0.3 is 0 Å². The van der Waals surface area contributed by atoms with Crippen LogP contribution in [0.15, 0.2) is 11.3 Å². The van der Waals surface area contributed by atoms with E-state index in [0.29, 0.717) is 0 Å². The van der Waals surface area contributed by atoms with Crippen LogP contribution in [0.3, 0.4) is 0 Å². The van der Waals surface area contributed by atoms with Crippen molar-refractivity contribution >= 4 is 5.78 Å². The third kappa shape index (κ3) is 3.17. The third-order valence-electron chi connectivity index (χ3n) is 1.24. The van der Waals surface area contributed by atoms with Gasteiger partial charge in [0, 0.05) is 5.70 Å². The molecule has 66 valence electrons. The molecule has 0 unspecified atom stereocenters. The maximum atomic E-state index is 11.2. The topological polar surface area (TPSA) is 70.1 Å². The number of carbonyl (C=O) groups excluding carboxylic acids is 1. The Balaban J connectivity index is 4.49. The van der Waals surface area contributed by atoms with Crippen LogP contribution >= 0.6 is 0 Å². The van der Waals surface area contributed by atoms with Gasteiger partial charge in [0.25, 0.3) is 0 Å². The van der Waals surface area contributed by atoms with E-state index < -0.39 is 0 Å². The van der Waals surface area contributed by atoms with Gasteiger partial charge in [-0.3, -0.25) is 4.79 Å². The zero-order valence-electron chi connectivity index (χ0n) is 7.59. The fourth-order valence-corrected chi connectivity index (χ4v) is 0.737. The first-order valence-electron chi connectivity index (χ1n) is 3.53. The summed E-state index contributed by atoms with van der Waals surface area (Å²) < 4.78 is 0. The normalized spacial score (nSPS) is 12.2. The van der Waals surface area contributed by atoms with Gasteiger partial charge in [0.15, 0.2) is 5.78 Å². The van der Waals surface area contributed by atoms with Gasteiger partial charge in [-0.1, -0.05) is 0 Å². The summed E-state index contributed by atoms with van der Waals surface area (Å²) in [5.41, 5.74) is 5.68. The minimum absolute atomic E-state index is 0.0590. The van der Waals surface area contributed by atoms with E-state index in [-0.39, 0.29) is 23.6 Å². The van der Waals surface area contributed by atoms with Crippen molar-refractivity contribution in [1.29, 1.82) is 5.26 Å². The zero-order chi connectivity index (χ0) is 9.72. The van der Waals surface area contributed by atoms with Gasteiger partial charge in [-0.25, -0.2) is 0 Å². The molecule has 0 saturated heterocycles. The van der Waals surface area contributed by atoms with E-state index in [1.807, 2.05) is 0 Å². The highest BCUT2D eigenvalue weighted by molar-refractivity contribution is 6.00. The number of nitrogens with two attached hydrogens (primary N) is 1. The number of hydrogen-bond donors (Lipinski definition) is 1. The predicted molar refractivity (Wildman–Crippen MR) is 46.1 cm³/mol. The van der Waals surface area contributed by atoms with Crippen LogP contribution < -0.4 is 5.73 Å². The van der Waals surface area contributed by atoms with Crippen molar-refractivity contribution in [1.82, 2.24) is 4.90 Å². The molecular formula is C8H13N3O.